The first-order valence-electron chi connectivity index (χ1n) is 7.06. The minimum absolute atomic E-state index is 0.244. The Morgan fingerprint density at radius 2 is 2.00 bits per heavy atom. The standard InChI is InChI=1S/C13H20N6O/c1-8-15-11(7-12-17-18-13(20)19(8)12)16-10-5-3-9(14-2)4-6-10/h7,9-10,14,16H,3-6H2,1-2H3,(H,18,20). The smallest absolute Gasteiger partial charge is 0.349 e. The maximum Gasteiger partial charge on any atom is 0.349 e. The molecule has 0 atom stereocenters. The fraction of sp³-hybridized carbons (Fsp3) is 0.615. The molecule has 0 aliphatic heterocycles. The fourth-order valence-corrected chi connectivity index (χ4v) is 2.91. The van der Waals surface area contributed by atoms with Crippen LogP contribution in [0.3, 0.4) is 0 Å². The molecular formula is C13H20N6O. The third-order valence-corrected chi connectivity index (χ3v) is 4.06. The molecule has 0 aromatic carbocycles. The third kappa shape index (κ3) is 2.40. The Labute approximate surface area is 116 Å². The number of fused-ring (bicyclic) bond motifs is 1. The molecule has 20 heavy (non-hydrogen) atoms. The van der Waals surface area contributed by atoms with E-state index in [-0.39, 0.29) is 5.69 Å². The number of hydrogen-bond acceptors (Lipinski definition) is 5. The molecule has 0 saturated heterocycles. The first-order chi connectivity index (χ1) is 9.67. The second-order valence-electron chi connectivity index (χ2n) is 5.39. The second kappa shape index (κ2) is 5.24. The van der Waals surface area contributed by atoms with Gasteiger partial charge in [0.1, 0.15) is 11.6 Å². The largest absolute Gasteiger partial charge is 0.367 e. The van der Waals surface area contributed by atoms with Crippen molar-refractivity contribution in [3.8, 4) is 0 Å². The van der Waals surface area contributed by atoms with Crippen LogP contribution in [0.4, 0.5) is 5.82 Å². The Bertz CT molecular complexity index is 652. The van der Waals surface area contributed by atoms with Crippen molar-refractivity contribution < 1.29 is 0 Å². The average Bonchev–Trinajstić information content (AvgIpc) is 2.81. The highest BCUT2D eigenvalue weighted by Crippen LogP contribution is 2.21. The van der Waals surface area contributed by atoms with Gasteiger partial charge in [-0.05, 0) is 39.7 Å². The molecule has 1 aliphatic rings. The van der Waals surface area contributed by atoms with Crippen molar-refractivity contribution in [1.29, 1.82) is 0 Å². The molecule has 3 N–H and O–H groups in total. The third-order valence-electron chi connectivity index (χ3n) is 4.06. The lowest BCUT2D eigenvalue weighted by Crippen LogP contribution is -2.35. The predicted molar refractivity (Wildman–Crippen MR) is 77.1 cm³/mol. The van der Waals surface area contributed by atoms with Crippen LogP contribution in [0.1, 0.15) is 31.5 Å². The molecule has 2 aromatic heterocycles. The van der Waals surface area contributed by atoms with Crippen molar-refractivity contribution in [2.45, 2.75) is 44.7 Å². The predicted octanol–water partition coefficient (Wildman–Crippen LogP) is 0.669. The molecule has 1 aliphatic carbocycles. The van der Waals surface area contributed by atoms with Crippen LogP contribution >= 0.6 is 0 Å². The molecule has 0 amide bonds. The van der Waals surface area contributed by atoms with Crippen LogP contribution in [0.25, 0.3) is 5.65 Å². The van der Waals surface area contributed by atoms with E-state index >= 15 is 0 Å². The lowest BCUT2D eigenvalue weighted by Gasteiger charge is -2.29. The minimum atomic E-state index is -0.244. The molecule has 1 fully saturated rings. The molecule has 108 valence electrons. The van der Waals surface area contributed by atoms with Gasteiger partial charge < -0.3 is 10.6 Å². The van der Waals surface area contributed by atoms with E-state index in [0.29, 0.717) is 23.6 Å². The summed E-state index contributed by atoms with van der Waals surface area (Å²) in [5, 5.41) is 13.2. The van der Waals surface area contributed by atoms with Gasteiger partial charge in [0, 0.05) is 18.2 Å². The summed E-state index contributed by atoms with van der Waals surface area (Å²) < 4.78 is 1.48. The van der Waals surface area contributed by atoms with Crippen LogP contribution in [0.15, 0.2) is 10.9 Å². The van der Waals surface area contributed by atoms with Gasteiger partial charge in [0.25, 0.3) is 0 Å². The highest BCUT2D eigenvalue weighted by molar-refractivity contribution is 5.50. The van der Waals surface area contributed by atoms with Crippen LogP contribution in [0.5, 0.6) is 0 Å². The summed E-state index contributed by atoms with van der Waals surface area (Å²) in [6.07, 6.45) is 4.62. The molecule has 0 radical (unpaired) electrons. The van der Waals surface area contributed by atoms with E-state index in [1.807, 2.05) is 20.0 Å². The normalized spacial score (nSPS) is 23.1. The van der Waals surface area contributed by atoms with Crippen molar-refractivity contribution in [2.75, 3.05) is 12.4 Å². The van der Waals surface area contributed by atoms with Gasteiger partial charge in [-0.25, -0.2) is 19.3 Å². The van der Waals surface area contributed by atoms with Crippen LogP contribution in [0, 0.1) is 6.92 Å². The fourth-order valence-electron chi connectivity index (χ4n) is 2.91. The topological polar surface area (TPSA) is 87.1 Å². The summed E-state index contributed by atoms with van der Waals surface area (Å²) in [6.45, 7) is 1.81. The SMILES string of the molecule is CNC1CCC(Nc2cc3n[nH]c(=O)n3c(C)n2)CC1. The first kappa shape index (κ1) is 13.1. The molecule has 0 bridgehead atoms. The van der Waals surface area contributed by atoms with Crippen molar-refractivity contribution in [3.05, 3.63) is 22.4 Å². The summed E-state index contributed by atoms with van der Waals surface area (Å²) in [5.41, 5.74) is 0.361. The summed E-state index contributed by atoms with van der Waals surface area (Å²) in [5.74, 6) is 1.44. The Kier molecular flexibility index (Phi) is 3.43. The van der Waals surface area contributed by atoms with E-state index in [2.05, 4.69) is 25.8 Å². The van der Waals surface area contributed by atoms with Crippen molar-refractivity contribution in [1.82, 2.24) is 24.9 Å². The average molecular weight is 276 g/mol. The van der Waals surface area contributed by atoms with Crippen LogP contribution in [-0.4, -0.2) is 38.7 Å². The highest BCUT2D eigenvalue weighted by atomic mass is 16.1. The monoisotopic (exact) mass is 276 g/mol. The molecule has 7 heteroatoms. The molecule has 7 nitrogen and oxygen atoms in total. The summed E-state index contributed by atoms with van der Waals surface area (Å²) in [6, 6.07) is 2.89. The van der Waals surface area contributed by atoms with Crippen LogP contribution < -0.4 is 16.3 Å². The summed E-state index contributed by atoms with van der Waals surface area (Å²) in [7, 11) is 2.02. The second-order valence-corrected chi connectivity index (χ2v) is 5.39. The van der Waals surface area contributed by atoms with E-state index in [4.69, 9.17) is 0 Å². The number of anilines is 1. The zero-order chi connectivity index (χ0) is 14.1. The van der Waals surface area contributed by atoms with Gasteiger partial charge in [0.05, 0.1) is 0 Å². The van der Waals surface area contributed by atoms with E-state index in [9.17, 15) is 4.79 Å². The Hall–Kier alpha value is -1.89. The maximum absolute atomic E-state index is 11.5. The zero-order valence-electron chi connectivity index (χ0n) is 11.8. The molecular weight excluding hydrogens is 256 g/mol. The first-order valence-corrected chi connectivity index (χ1v) is 7.06. The lowest BCUT2D eigenvalue weighted by atomic mass is 9.91. The molecule has 0 spiro atoms. The van der Waals surface area contributed by atoms with E-state index in [1.54, 1.807) is 0 Å². The van der Waals surface area contributed by atoms with Gasteiger partial charge >= 0.3 is 5.69 Å². The van der Waals surface area contributed by atoms with Gasteiger partial charge in [-0.2, -0.15) is 5.10 Å². The number of nitrogens with zero attached hydrogens (tertiary/aromatic N) is 3. The van der Waals surface area contributed by atoms with Gasteiger partial charge in [-0.3, -0.25) is 0 Å². The van der Waals surface area contributed by atoms with Crippen molar-refractivity contribution in [2.24, 2.45) is 0 Å². The zero-order valence-corrected chi connectivity index (χ0v) is 11.8. The van der Waals surface area contributed by atoms with Crippen LogP contribution in [-0.2, 0) is 0 Å². The quantitative estimate of drug-likeness (QED) is 0.767. The molecule has 1 saturated carbocycles. The van der Waals surface area contributed by atoms with Gasteiger partial charge in [-0.1, -0.05) is 0 Å². The number of rotatable bonds is 3. The van der Waals surface area contributed by atoms with Gasteiger partial charge in [0.2, 0.25) is 0 Å². The molecule has 0 unspecified atom stereocenters. The van der Waals surface area contributed by atoms with Gasteiger partial charge in [-0.15, -0.1) is 0 Å². The lowest BCUT2D eigenvalue weighted by molar-refractivity contribution is 0.371. The molecule has 3 rings (SSSR count). The minimum Gasteiger partial charge on any atom is -0.367 e. The number of aromatic nitrogens is 4. The number of hydrogen-bond donors (Lipinski definition) is 3. The number of aromatic amines is 1. The summed E-state index contributed by atoms with van der Waals surface area (Å²) in [4.78, 5) is 16.0. The maximum atomic E-state index is 11.5. The number of nitrogens with one attached hydrogen (secondary N) is 3. The van der Waals surface area contributed by atoms with Crippen molar-refractivity contribution in [3.63, 3.8) is 0 Å². The van der Waals surface area contributed by atoms with E-state index in [1.165, 1.54) is 17.2 Å². The highest BCUT2D eigenvalue weighted by Gasteiger charge is 2.20. The number of aryl methyl sites for hydroxylation is 1. The van der Waals surface area contributed by atoms with Gasteiger partial charge in [0.15, 0.2) is 5.65 Å². The summed E-state index contributed by atoms with van der Waals surface area (Å²) >= 11 is 0. The van der Waals surface area contributed by atoms with Crippen molar-refractivity contribution >= 4 is 11.5 Å². The Morgan fingerprint density at radius 1 is 1.30 bits per heavy atom. The van der Waals surface area contributed by atoms with E-state index in [0.717, 1.165) is 18.7 Å². The Balaban J connectivity index is 1.77. The Morgan fingerprint density at radius 3 is 2.70 bits per heavy atom. The number of H-pyrrole nitrogens is 1. The van der Waals surface area contributed by atoms with Crippen LogP contribution in [0.2, 0.25) is 0 Å². The molecule has 2 aromatic rings. The van der Waals surface area contributed by atoms with E-state index < -0.39 is 0 Å². The molecule has 2 heterocycles.